The summed E-state index contributed by atoms with van der Waals surface area (Å²) in [4.78, 5) is 23.7. The van der Waals surface area contributed by atoms with Crippen LogP contribution in [-0.2, 0) is 16.2 Å². The molecular weight excluding hydrogens is 503 g/mol. The van der Waals surface area contributed by atoms with E-state index >= 15 is 0 Å². The fourth-order valence-corrected chi connectivity index (χ4v) is 4.50. The Morgan fingerprint density at radius 1 is 1.12 bits per heavy atom. The molecule has 0 aliphatic heterocycles. The van der Waals surface area contributed by atoms with Crippen molar-refractivity contribution in [1.29, 1.82) is 0 Å². The minimum absolute atomic E-state index is 0.0417. The molecule has 0 bridgehead atoms. The van der Waals surface area contributed by atoms with E-state index in [1.807, 2.05) is 0 Å². The van der Waals surface area contributed by atoms with Crippen molar-refractivity contribution >= 4 is 45.0 Å². The number of aromatic nitrogens is 3. The van der Waals surface area contributed by atoms with Crippen LogP contribution in [0.4, 0.5) is 18.9 Å². The van der Waals surface area contributed by atoms with E-state index in [0.29, 0.717) is 17.5 Å². The van der Waals surface area contributed by atoms with Crippen LogP contribution in [0.1, 0.15) is 23.1 Å². The van der Waals surface area contributed by atoms with Crippen LogP contribution >= 0.6 is 23.4 Å². The molecule has 174 valence electrons. The van der Waals surface area contributed by atoms with Gasteiger partial charge in [-0.2, -0.15) is 18.2 Å². The zero-order valence-electron chi connectivity index (χ0n) is 16.7. The highest BCUT2D eigenvalue weighted by Gasteiger charge is 2.34. The van der Waals surface area contributed by atoms with E-state index in [1.54, 1.807) is 19.1 Å². The molecule has 3 aromatic rings. The summed E-state index contributed by atoms with van der Waals surface area (Å²) in [6.07, 6.45) is -3.60. The van der Waals surface area contributed by atoms with Gasteiger partial charge in [0.15, 0.2) is 5.16 Å². The molecule has 33 heavy (non-hydrogen) atoms. The first kappa shape index (κ1) is 24.7. The van der Waals surface area contributed by atoms with Gasteiger partial charge in [-0.05, 0) is 61.2 Å². The van der Waals surface area contributed by atoms with Gasteiger partial charge < -0.3 is 5.32 Å². The predicted octanol–water partition coefficient (Wildman–Crippen LogP) is 4.25. The van der Waals surface area contributed by atoms with Crippen molar-refractivity contribution in [2.75, 3.05) is 11.3 Å². The highest BCUT2D eigenvalue weighted by Crippen LogP contribution is 2.36. The van der Waals surface area contributed by atoms with Gasteiger partial charge in [0.25, 0.3) is 15.9 Å². The number of nitrogens with zero attached hydrogens (tertiary/aromatic N) is 3. The second-order valence-electron chi connectivity index (χ2n) is 6.32. The Morgan fingerprint density at radius 3 is 2.45 bits per heavy atom. The molecule has 1 amide bonds. The number of sulfonamides is 1. The lowest BCUT2D eigenvalue weighted by molar-refractivity contribution is -0.137. The molecule has 1 aromatic heterocycles. The van der Waals surface area contributed by atoms with Crippen LogP contribution in [0, 0.1) is 0 Å². The fourth-order valence-electron chi connectivity index (χ4n) is 2.48. The second-order valence-corrected chi connectivity index (χ2v) is 9.45. The summed E-state index contributed by atoms with van der Waals surface area (Å²) in [5.74, 6) is -0.484. The van der Waals surface area contributed by atoms with Gasteiger partial charge in [-0.15, -0.1) is 0 Å². The van der Waals surface area contributed by atoms with Gasteiger partial charge in [-0.25, -0.2) is 18.4 Å². The van der Waals surface area contributed by atoms with Gasteiger partial charge in [0.1, 0.15) is 6.33 Å². The standard InChI is InChI=1S/C19H15ClF3N5O3S2/c1-2-24-17(29)16-25-10-26-18(27-16)32-12-5-3-11(4-6-12)28-33(30,31)13-7-8-15(20)14(9-13)19(21,22)23/h3-10,28H,2H2,1H3,(H,24,29). The lowest BCUT2D eigenvalue weighted by Crippen LogP contribution is -2.25. The molecule has 0 saturated carbocycles. The summed E-state index contributed by atoms with van der Waals surface area (Å²) in [5.41, 5.74) is -1.12. The lowest BCUT2D eigenvalue weighted by atomic mass is 10.2. The smallest absolute Gasteiger partial charge is 0.350 e. The van der Waals surface area contributed by atoms with Crippen molar-refractivity contribution in [2.24, 2.45) is 0 Å². The number of hydrogen-bond acceptors (Lipinski definition) is 7. The zero-order chi connectivity index (χ0) is 24.2. The SMILES string of the molecule is CCNC(=O)c1ncnc(Sc2ccc(NS(=O)(=O)c3ccc(Cl)c(C(F)(F)F)c3)cc2)n1. The molecule has 8 nitrogen and oxygen atoms in total. The molecule has 0 unspecified atom stereocenters. The number of anilines is 1. The zero-order valence-corrected chi connectivity index (χ0v) is 19.1. The highest BCUT2D eigenvalue weighted by molar-refractivity contribution is 7.99. The Balaban J connectivity index is 1.75. The third kappa shape index (κ3) is 6.33. The molecule has 0 radical (unpaired) electrons. The lowest BCUT2D eigenvalue weighted by Gasteiger charge is -2.12. The van der Waals surface area contributed by atoms with E-state index < -0.39 is 37.6 Å². The number of amides is 1. The van der Waals surface area contributed by atoms with Gasteiger partial charge in [-0.3, -0.25) is 9.52 Å². The topological polar surface area (TPSA) is 114 Å². The fraction of sp³-hybridized carbons (Fsp3) is 0.158. The molecule has 3 rings (SSSR count). The molecule has 0 fully saturated rings. The molecule has 0 aliphatic carbocycles. The van der Waals surface area contributed by atoms with Crippen LogP contribution in [0.15, 0.2) is 63.7 Å². The van der Waals surface area contributed by atoms with Crippen LogP contribution in [0.2, 0.25) is 5.02 Å². The number of halogens is 4. The van der Waals surface area contributed by atoms with E-state index in [0.717, 1.165) is 23.9 Å². The quantitative estimate of drug-likeness (QED) is 0.481. The Morgan fingerprint density at radius 2 is 1.82 bits per heavy atom. The minimum atomic E-state index is -4.80. The van der Waals surface area contributed by atoms with Crippen molar-refractivity contribution < 1.29 is 26.4 Å². The number of carbonyl (C=O) groups excluding carboxylic acids is 1. The first-order valence-electron chi connectivity index (χ1n) is 9.14. The summed E-state index contributed by atoms with van der Waals surface area (Å²) >= 11 is 6.65. The second kappa shape index (κ2) is 9.93. The van der Waals surface area contributed by atoms with Gasteiger partial charge in [0, 0.05) is 17.1 Å². The van der Waals surface area contributed by atoms with Gasteiger partial charge in [0.05, 0.1) is 15.5 Å². The van der Waals surface area contributed by atoms with E-state index in [4.69, 9.17) is 11.6 Å². The maximum absolute atomic E-state index is 13.0. The average Bonchev–Trinajstić information content (AvgIpc) is 2.74. The van der Waals surface area contributed by atoms with Crippen LogP contribution < -0.4 is 10.0 Å². The van der Waals surface area contributed by atoms with Gasteiger partial charge in [0.2, 0.25) is 5.82 Å². The van der Waals surface area contributed by atoms with Crippen LogP contribution in [0.25, 0.3) is 0 Å². The van der Waals surface area contributed by atoms with E-state index in [2.05, 4.69) is 25.0 Å². The number of benzene rings is 2. The predicted molar refractivity (Wildman–Crippen MR) is 116 cm³/mol. The molecule has 0 atom stereocenters. The van der Waals surface area contributed by atoms with Crippen molar-refractivity contribution in [3.05, 3.63) is 65.2 Å². The molecule has 2 aromatic carbocycles. The average molecular weight is 518 g/mol. The molecule has 0 spiro atoms. The molecule has 2 N–H and O–H groups in total. The monoisotopic (exact) mass is 517 g/mol. The summed E-state index contributed by atoms with van der Waals surface area (Å²) in [6.45, 7) is 2.17. The van der Waals surface area contributed by atoms with E-state index in [-0.39, 0.29) is 16.7 Å². The van der Waals surface area contributed by atoms with Gasteiger partial charge in [-0.1, -0.05) is 11.6 Å². The molecule has 1 heterocycles. The summed E-state index contributed by atoms with van der Waals surface area (Å²) < 4.78 is 66.4. The third-order valence-electron chi connectivity index (χ3n) is 3.96. The normalized spacial score (nSPS) is 11.8. The molecule has 0 aliphatic rings. The van der Waals surface area contributed by atoms with Crippen molar-refractivity contribution in [3.8, 4) is 0 Å². The maximum atomic E-state index is 13.0. The highest BCUT2D eigenvalue weighted by atomic mass is 35.5. The Hall–Kier alpha value is -2.90. The van der Waals surface area contributed by atoms with Crippen LogP contribution in [0.5, 0.6) is 0 Å². The van der Waals surface area contributed by atoms with Crippen LogP contribution in [0.3, 0.4) is 0 Å². The largest absolute Gasteiger partial charge is 0.417 e. The molecule has 14 heteroatoms. The Kier molecular flexibility index (Phi) is 7.44. The first-order valence-corrected chi connectivity index (χ1v) is 11.8. The first-order chi connectivity index (χ1) is 15.5. The van der Waals surface area contributed by atoms with Crippen LogP contribution in [-0.4, -0.2) is 35.8 Å². The number of rotatable bonds is 7. The maximum Gasteiger partial charge on any atom is 0.417 e. The summed E-state index contributed by atoms with van der Waals surface area (Å²) in [7, 11) is -4.30. The number of hydrogen-bond donors (Lipinski definition) is 2. The van der Waals surface area contributed by atoms with E-state index in [1.165, 1.54) is 18.5 Å². The minimum Gasteiger partial charge on any atom is -0.350 e. The molecular formula is C19H15ClF3N5O3S2. The number of alkyl halides is 3. The Labute approximate surface area is 196 Å². The van der Waals surface area contributed by atoms with E-state index in [9.17, 15) is 26.4 Å². The number of nitrogens with one attached hydrogen (secondary N) is 2. The van der Waals surface area contributed by atoms with Crippen molar-refractivity contribution in [3.63, 3.8) is 0 Å². The number of carbonyl (C=O) groups is 1. The third-order valence-corrected chi connectivity index (χ3v) is 6.56. The van der Waals surface area contributed by atoms with Gasteiger partial charge >= 0.3 is 6.18 Å². The van der Waals surface area contributed by atoms with Crippen molar-refractivity contribution in [2.45, 2.75) is 28.0 Å². The summed E-state index contributed by atoms with van der Waals surface area (Å²) in [5, 5.41) is 2.22. The Bertz CT molecular complexity index is 1270. The molecule has 0 saturated heterocycles. The summed E-state index contributed by atoms with van der Waals surface area (Å²) in [6, 6.07) is 8.29. The van der Waals surface area contributed by atoms with Crippen molar-refractivity contribution in [1.82, 2.24) is 20.3 Å².